The van der Waals surface area contributed by atoms with Crippen molar-refractivity contribution in [1.29, 1.82) is 0 Å². The zero-order valence-corrected chi connectivity index (χ0v) is 10.9. The van der Waals surface area contributed by atoms with Crippen molar-refractivity contribution < 1.29 is 9.18 Å². The number of halogens is 2. The lowest BCUT2D eigenvalue weighted by Gasteiger charge is -2.03. The highest BCUT2D eigenvalue weighted by atomic mass is 79.9. The van der Waals surface area contributed by atoms with Gasteiger partial charge >= 0.3 is 0 Å². The third-order valence-corrected chi connectivity index (χ3v) is 2.88. The molecule has 2 aromatic rings. The summed E-state index contributed by atoms with van der Waals surface area (Å²) >= 11 is 3.16. The highest BCUT2D eigenvalue weighted by Gasteiger charge is 2.16. The van der Waals surface area contributed by atoms with Crippen LogP contribution in [0.25, 0.3) is 0 Å². The second-order valence-electron chi connectivity index (χ2n) is 3.68. The molecule has 0 aliphatic carbocycles. The Kier molecular flexibility index (Phi) is 3.38. The molecule has 18 heavy (non-hydrogen) atoms. The lowest BCUT2D eigenvalue weighted by molar-refractivity contribution is 0.103. The molecule has 0 spiro atoms. The normalized spacial score (nSPS) is 10.4. The Morgan fingerprint density at radius 1 is 1.39 bits per heavy atom. The van der Waals surface area contributed by atoms with Crippen LogP contribution < -0.4 is 5.56 Å². The van der Waals surface area contributed by atoms with Crippen molar-refractivity contribution in [2.45, 2.75) is 0 Å². The van der Waals surface area contributed by atoms with E-state index >= 15 is 0 Å². The van der Waals surface area contributed by atoms with Gasteiger partial charge in [0.05, 0.1) is 11.9 Å². The van der Waals surface area contributed by atoms with Gasteiger partial charge in [-0.1, -0.05) is 15.9 Å². The van der Waals surface area contributed by atoms with E-state index in [1.165, 1.54) is 36.1 Å². The maximum atomic E-state index is 13.5. The molecule has 4 nitrogen and oxygen atoms in total. The van der Waals surface area contributed by atoms with Crippen LogP contribution in [0.4, 0.5) is 4.39 Å². The van der Waals surface area contributed by atoms with Crippen LogP contribution in [-0.2, 0) is 7.05 Å². The highest BCUT2D eigenvalue weighted by Crippen LogP contribution is 2.17. The van der Waals surface area contributed by atoms with Crippen molar-refractivity contribution in [2.24, 2.45) is 7.05 Å². The Morgan fingerprint density at radius 3 is 2.78 bits per heavy atom. The molecule has 0 bridgehead atoms. The number of ketones is 1. The largest absolute Gasteiger partial charge is 0.302 e. The van der Waals surface area contributed by atoms with Crippen LogP contribution in [0, 0.1) is 5.82 Å². The molecule has 1 heterocycles. The number of hydrogen-bond acceptors (Lipinski definition) is 3. The molecular weight excluding hydrogens is 303 g/mol. The summed E-state index contributed by atoms with van der Waals surface area (Å²) in [7, 11) is 1.52. The molecule has 92 valence electrons. The first-order valence-electron chi connectivity index (χ1n) is 5.01. The number of nitrogens with zero attached hydrogens (tertiary/aromatic N) is 2. The van der Waals surface area contributed by atoms with Gasteiger partial charge in [0.25, 0.3) is 5.56 Å². The van der Waals surface area contributed by atoms with E-state index in [1.54, 1.807) is 0 Å². The summed E-state index contributed by atoms with van der Waals surface area (Å²) in [6.07, 6.45) is 1.23. The molecule has 0 saturated carbocycles. The molecule has 2 rings (SSSR count). The maximum Gasteiger partial charge on any atom is 0.253 e. The molecule has 0 saturated heterocycles. The number of carbonyl (C=O) groups is 1. The van der Waals surface area contributed by atoms with Crippen molar-refractivity contribution in [3.8, 4) is 0 Å². The Labute approximate surface area is 110 Å². The van der Waals surface area contributed by atoms with E-state index in [9.17, 15) is 14.0 Å². The van der Waals surface area contributed by atoms with E-state index in [-0.39, 0.29) is 16.8 Å². The summed E-state index contributed by atoms with van der Waals surface area (Å²) in [5.41, 5.74) is -0.566. The summed E-state index contributed by atoms with van der Waals surface area (Å²) < 4.78 is 15.3. The topological polar surface area (TPSA) is 52.0 Å². The SMILES string of the molecule is Cn1cnc(C(=O)c2cc(Br)ccc2F)cc1=O. The minimum atomic E-state index is -0.648. The Morgan fingerprint density at radius 2 is 2.11 bits per heavy atom. The van der Waals surface area contributed by atoms with Gasteiger partial charge in [0, 0.05) is 17.6 Å². The van der Waals surface area contributed by atoms with Crippen LogP contribution in [0.2, 0.25) is 0 Å². The second kappa shape index (κ2) is 4.81. The van der Waals surface area contributed by atoms with Crippen LogP contribution in [0.3, 0.4) is 0 Å². The van der Waals surface area contributed by atoms with Gasteiger partial charge in [0.1, 0.15) is 11.5 Å². The van der Waals surface area contributed by atoms with Crippen LogP contribution in [0.1, 0.15) is 16.1 Å². The monoisotopic (exact) mass is 310 g/mol. The van der Waals surface area contributed by atoms with E-state index in [0.29, 0.717) is 4.47 Å². The zero-order chi connectivity index (χ0) is 13.3. The summed E-state index contributed by atoms with van der Waals surface area (Å²) in [5, 5.41) is 0. The number of aryl methyl sites for hydroxylation is 1. The lowest BCUT2D eigenvalue weighted by atomic mass is 10.1. The van der Waals surface area contributed by atoms with Gasteiger partial charge in [-0.3, -0.25) is 9.59 Å². The quantitative estimate of drug-likeness (QED) is 0.796. The molecule has 0 fully saturated rings. The van der Waals surface area contributed by atoms with Gasteiger partial charge in [0.15, 0.2) is 0 Å². The van der Waals surface area contributed by atoms with Gasteiger partial charge in [-0.05, 0) is 18.2 Å². The van der Waals surface area contributed by atoms with E-state index < -0.39 is 11.6 Å². The molecule has 0 N–H and O–H groups in total. The zero-order valence-electron chi connectivity index (χ0n) is 9.35. The fraction of sp³-hybridized carbons (Fsp3) is 0.0833. The second-order valence-corrected chi connectivity index (χ2v) is 4.59. The fourth-order valence-electron chi connectivity index (χ4n) is 1.40. The van der Waals surface area contributed by atoms with Crippen LogP contribution in [0.15, 0.2) is 39.9 Å². The number of aromatic nitrogens is 2. The van der Waals surface area contributed by atoms with E-state index in [4.69, 9.17) is 0 Å². The Balaban J connectivity index is 2.51. The van der Waals surface area contributed by atoms with E-state index in [1.807, 2.05) is 0 Å². The Hall–Kier alpha value is -1.82. The van der Waals surface area contributed by atoms with Gasteiger partial charge in [-0.2, -0.15) is 0 Å². The third kappa shape index (κ3) is 2.38. The molecule has 0 aliphatic heterocycles. The van der Waals surface area contributed by atoms with Crippen molar-refractivity contribution >= 4 is 21.7 Å². The average molecular weight is 311 g/mol. The summed E-state index contributed by atoms with van der Waals surface area (Å²) in [5.74, 6) is -1.27. The molecule has 0 unspecified atom stereocenters. The van der Waals surface area contributed by atoms with Crippen molar-refractivity contribution in [1.82, 2.24) is 9.55 Å². The Bertz CT molecular complexity index is 682. The fourth-order valence-corrected chi connectivity index (χ4v) is 1.76. The molecule has 1 aromatic heterocycles. The van der Waals surface area contributed by atoms with Crippen molar-refractivity contribution in [2.75, 3.05) is 0 Å². The van der Waals surface area contributed by atoms with Gasteiger partial charge in [-0.25, -0.2) is 9.37 Å². The highest BCUT2D eigenvalue weighted by molar-refractivity contribution is 9.10. The minimum Gasteiger partial charge on any atom is -0.302 e. The smallest absolute Gasteiger partial charge is 0.253 e. The number of carbonyl (C=O) groups excluding carboxylic acids is 1. The molecule has 0 aliphatic rings. The summed E-state index contributed by atoms with van der Waals surface area (Å²) in [4.78, 5) is 27.2. The predicted octanol–water partition coefficient (Wildman–Crippen LogP) is 1.91. The summed E-state index contributed by atoms with van der Waals surface area (Å²) in [6, 6.07) is 5.11. The lowest BCUT2D eigenvalue weighted by Crippen LogP contribution is -2.19. The van der Waals surface area contributed by atoms with Gasteiger partial charge in [-0.15, -0.1) is 0 Å². The van der Waals surface area contributed by atoms with Crippen LogP contribution in [-0.4, -0.2) is 15.3 Å². The number of rotatable bonds is 2. The van der Waals surface area contributed by atoms with Gasteiger partial charge in [0.2, 0.25) is 5.78 Å². The van der Waals surface area contributed by atoms with Crippen LogP contribution in [0.5, 0.6) is 0 Å². The first-order chi connectivity index (χ1) is 8.49. The average Bonchev–Trinajstić information content (AvgIpc) is 2.35. The van der Waals surface area contributed by atoms with Gasteiger partial charge < -0.3 is 4.57 Å². The van der Waals surface area contributed by atoms with Crippen molar-refractivity contribution in [3.05, 3.63) is 62.5 Å². The molecule has 1 aromatic carbocycles. The first kappa shape index (κ1) is 12.6. The summed E-state index contributed by atoms with van der Waals surface area (Å²) in [6.45, 7) is 0. The molecular formula is C12H8BrFN2O2. The molecule has 0 radical (unpaired) electrons. The number of hydrogen-bond donors (Lipinski definition) is 0. The molecule has 0 atom stereocenters. The van der Waals surface area contributed by atoms with Crippen LogP contribution >= 0.6 is 15.9 Å². The van der Waals surface area contributed by atoms with E-state index in [2.05, 4.69) is 20.9 Å². The standard InChI is InChI=1S/C12H8BrFN2O2/c1-16-6-15-10(5-11(16)17)12(18)8-4-7(13)2-3-9(8)14/h2-6H,1H3. The maximum absolute atomic E-state index is 13.5. The van der Waals surface area contributed by atoms with Crippen molar-refractivity contribution in [3.63, 3.8) is 0 Å². The minimum absolute atomic E-state index is 0.0740. The predicted molar refractivity (Wildman–Crippen MR) is 67.0 cm³/mol. The first-order valence-corrected chi connectivity index (χ1v) is 5.81. The molecule has 0 amide bonds. The molecule has 6 heteroatoms. The third-order valence-electron chi connectivity index (χ3n) is 2.38. The van der Waals surface area contributed by atoms with E-state index in [0.717, 1.165) is 6.07 Å². The number of benzene rings is 1.